The van der Waals surface area contributed by atoms with Gasteiger partial charge in [0.05, 0.1) is 11.4 Å². The van der Waals surface area contributed by atoms with E-state index < -0.39 is 0 Å². The number of hydrogen-bond donors (Lipinski definition) is 1. The van der Waals surface area contributed by atoms with E-state index in [1.165, 1.54) is 0 Å². The van der Waals surface area contributed by atoms with Gasteiger partial charge in [0.15, 0.2) is 0 Å². The first-order valence-electron chi connectivity index (χ1n) is 13.6. The Bertz CT molecular complexity index is 1630. The molecule has 0 amide bonds. The van der Waals surface area contributed by atoms with Crippen LogP contribution in [-0.2, 0) is 10.8 Å². The SMILES string of the molecule is CC(C)(C)c1cc(-c2ccc(-c3ccccc3)c(-c3cccc(Oc4ccccn4)c3)n2)c(O)c(C(C)(C)C)c1. The zero-order chi connectivity index (χ0) is 28.5. The Morgan fingerprint density at radius 2 is 1.38 bits per heavy atom. The summed E-state index contributed by atoms with van der Waals surface area (Å²) in [6, 6.07) is 32.1. The van der Waals surface area contributed by atoms with Gasteiger partial charge in [0, 0.05) is 34.5 Å². The van der Waals surface area contributed by atoms with Crippen molar-refractivity contribution in [3.63, 3.8) is 0 Å². The highest BCUT2D eigenvalue weighted by Gasteiger charge is 2.26. The highest BCUT2D eigenvalue weighted by molar-refractivity contribution is 5.84. The van der Waals surface area contributed by atoms with E-state index in [1.54, 1.807) is 6.20 Å². The molecule has 0 bridgehead atoms. The molecule has 0 saturated carbocycles. The van der Waals surface area contributed by atoms with Crippen LogP contribution in [0.1, 0.15) is 52.7 Å². The second kappa shape index (κ2) is 10.6. The molecule has 4 heteroatoms. The van der Waals surface area contributed by atoms with E-state index in [0.29, 0.717) is 11.6 Å². The highest BCUT2D eigenvalue weighted by Crippen LogP contribution is 2.43. The second-order valence-electron chi connectivity index (χ2n) is 12.2. The van der Waals surface area contributed by atoms with Crippen LogP contribution in [0.25, 0.3) is 33.6 Å². The van der Waals surface area contributed by atoms with Gasteiger partial charge in [0.2, 0.25) is 5.88 Å². The third kappa shape index (κ3) is 5.76. The molecular weight excluding hydrogens is 492 g/mol. The maximum atomic E-state index is 11.6. The van der Waals surface area contributed by atoms with E-state index in [4.69, 9.17) is 9.72 Å². The molecule has 0 aliphatic heterocycles. The monoisotopic (exact) mass is 528 g/mol. The molecule has 4 nitrogen and oxygen atoms in total. The summed E-state index contributed by atoms with van der Waals surface area (Å²) in [6.45, 7) is 13.0. The smallest absolute Gasteiger partial charge is 0.219 e. The molecule has 0 unspecified atom stereocenters. The summed E-state index contributed by atoms with van der Waals surface area (Å²) in [7, 11) is 0. The van der Waals surface area contributed by atoms with Crippen LogP contribution in [0, 0.1) is 0 Å². The third-order valence-electron chi connectivity index (χ3n) is 7.01. The normalized spacial score (nSPS) is 11.8. The van der Waals surface area contributed by atoms with Crippen LogP contribution in [0.5, 0.6) is 17.4 Å². The Kier molecular flexibility index (Phi) is 7.20. The third-order valence-corrected chi connectivity index (χ3v) is 7.01. The maximum Gasteiger partial charge on any atom is 0.219 e. The number of aromatic hydroxyl groups is 1. The summed E-state index contributed by atoms with van der Waals surface area (Å²) in [5.41, 5.74) is 7.00. The van der Waals surface area contributed by atoms with Crippen LogP contribution in [0.3, 0.4) is 0 Å². The Morgan fingerprint density at radius 1 is 0.650 bits per heavy atom. The van der Waals surface area contributed by atoms with Gasteiger partial charge in [-0.1, -0.05) is 102 Å². The number of pyridine rings is 2. The van der Waals surface area contributed by atoms with Gasteiger partial charge in [0.25, 0.3) is 0 Å². The number of benzene rings is 3. The topological polar surface area (TPSA) is 55.2 Å². The molecule has 40 heavy (non-hydrogen) atoms. The first-order valence-corrected chi connectivity index (χ1v) is 13.6. The van der Waals surface area contributed by atoms with Gasteiger partial charge in [0.1, 0.15) is 11.5 Å². The van der Waals surface area contributed by atoms with E-state index in [9.17, 15) is 5.11 Å². The molecule has 0 aliphatic rings. The van der Waals surface area contributed by atoms with Crippen molar-refractivity contribution in [3.05, 3.63) is 114 Å². The van der Waals surface area contributed by atoms with Gasteiger partial charge in [-0.3, -0.25) is 0 Å². The molecule has 3 aromatic carbocycles. The minimum absolute atomic E-state index is 0.0909. The maximum absolute atomic E-state index is 11.6. The van der Waals surface area contributed by atoms with Crippen LogP contribution in [0.4, 0.5) is 0 Å². The van der Waals surface area contributed by atoms with E-state index >= 15 is 0 Å². The van der Waals surface area contributed by atoms with E-state index in [2.05, 4.69) is 76.9 Å². The minimum atomic E-state index is -0.232. The van der Waals surface area contributed by atoms with Crippen molar-refractivity contribution in [2.24, 2.45) is 0 Å². The number of ether oxygens (including phenoxy) is 1. The van der Waals surface area contributed by atoms with Crippen LogP contribution >= 0.6 is 0 Å². The van der Waals surface area contributed by atoms with E-state index in [0.717, 1.165) is 44.8 Å². The molecule has 5 rings (SSSR count). The average molecular weight is 529 g/mol. The number of phenols is 1. The molecule has 2 aromatic heterocycles. The summed E-state index contributed by atoms with van der Waals surface area (Å²) < 4.78 is 6.05. The lowest BCUT2D eigenvalue weighted by Gasteiger charge is -2.27. The lowest BCUT2D eigenvalue weighted by Crippen LogP contribution is -2.17. The fourth-order valence-electron chi connectivity index (χ4n) is 4.75. The zero-order valence-electron chi connectivity index (χ0n) is 24.1. The van der Waals surface area contributed by atoms with Crippen LogP contribution in [-0.4, -0.2) is 15.1 Å². The first-order chi connectivity index (χ1) is 19.0. The molecule has 0 fully saturated rings. The standard InChI is InChI=1S/C36H36N2O2/c1-35(2,3)26-22-29(34(39)30(23-26)36(4,5)6)31-19-18-28(24-13-8-7-9-14-24)33(38-31)25-15-12-16-27(21-25)40-32-17-10-11-20-37-32/h7-23,39H,1-6H3. The molecule has 0 atom stereocenters. The van der Waals surface area contributed by atoms with Gasteiger partial charge >= 0.3 is 0 Å². The largest absolute Gasteiger partial charge is 0.507 e. The molecule has 0 aliphatic carbocycles. The minimum Gasteiger partial charge on any atom is -0.507 e. The number of phenolic OH excluding ortho intramolecular Hbond substituents is 1. The average Bonchev–Trinajstić information content (AvgIpc) is 2.93. The van der Waals surface area contributed by atoms with Crippen molar-refractivity contribution >= 4 is 0 Å². The van der Waals surface area contributed by atoms with Gasteiger partial charge in [-0.2, -0.15) is 0 Å². The van der Waals surface area contributed by atoms with Crippen LogP contribution in [0.2, 0.25) is 0 Å². The molecule has 0 spiro atoms. The lowest BCUT2D eigenvalue weighted by atomic mass is 9.78. The molecule has 5 aromatic rings. The summed E-state index contributed by atoms with van der Waals surface area (Å²) in [4.78, 5) is 9.51. The number of rotatable bonds is 5. The van der Waals surface area contributed by atoms with Gasteiger partial charge in [-0.05, 0) is 52.3 Å². The molecular formula is C36H36N2O2. The Morgan fingerprint density at radius 3 is 2.05 bits per heavy atom. The Labute approximate surface area is 237 Å². The summed E-state index contributed by atoms with van der Waals surface area (Å²) in [5.74, 6) is 1.48. The quantitative estimate of drug-likeness (QED) is 0.247. The van der Waals surface area contributed by atoms with Gasteiger partial charge < -0.3 is 9.84 Å². The molecule has 0 saturated heterocycles. The summed E-state index contributed by atoms with van der Waals surface area (Å²) in [5, 5.41) is 11.6. The van der Waals surface area contributed by atoms with Crippen LogP contribution < -0.4 is 4.74 Å². The number of hydrogen-bond acceptors (Lipinski definition) is 4. The predicted octanol–water partition coefficient (Wildman–Crippen LogP) is 9.57. The van der Waals surface area contributed by atoms with Crippen LogP contribution in [0.15, 0.2) is 103 Å². The summed E-state index contributed by atoms with van der Waals surface area (Å²) in [6.07, 6.45) is 1.71. The van der Waals surface area contributed by atoms with Gasteiger partial charge in [-0.25, -0.2) is 9.97 Å². The second-order valence-corrected chi connectivity index (χ2v) is 12.2. The molecule has 2 heterocycles. The van der Waals surface area contributed by atoms with Crippen molar-refractivity contribution in [1.82, 2.24) is 9.97 Å². The van der Waals surface area contributed by atoms with Gasteiger partial charge in [-0.15, -0.1) is 0 Å². The fourth-order valence-corrected chi connectivity index (χ4v) is 4.75. The van der Waals surface area contributed by atoms with Crippen molar-refractivity contribution in [2.45, 2.75) is 52.4 Å². The zero-order valence-corrected chi connectivity index (χ0v) is 24.1. The number of nitrogens with zero attached hydrogens (tertiary/aromatic N) is 2. The molecule has 202 valence electrons. The Balaban J connectivity index is 1.70. The fraction of sp³-hybridized carbons (Fsp3) is 0.222. The highest BCUT2D eigenvalue weighted by atomic mass is 16.5. The van der Waals surface area contributed by atoms with Crippen molar-refractivity contribution in [1.29, 1.82) is 0 Å². The first kappa shape index (κ1) is 27.1. The lowest BCUT2D eigenvalue weighted by molar-refractivity contribution is 0.446. The number of aromatic nitrogens is 2. The van der Waals surface area contributed by atoms with Crippen molar-refractivity contribution < 1.29 is 9.84 Å². The molecule has 0 radical (unpaired) electrons. The van der Waals surface area contributed by atoms with Crippen molar-refractivity contribution in [3.8, 4) is 51.0 Å². The predicted molar refractivity (Wildman–Crippen MR) is 164 cm³/mol. The van der Waals surface area contributed by atoms with E-state index in [-0.39, 0.29) is 16.6 Å². The Hall–Kier alpha value is -4.44. The summed E-state index contributed by atoms with van der Waals surface area (Å²) >= 11 is 0. The van der Waals surface area contributed by atoms with Crippen molar-refractivity contribution in [2.75, 3.05) is 0 Å². The molecule has 1 N–H and O–H groups in total. The van der Waals surface area contributed by atoms with E-state index in [1.807, 2.05) is 66.7 Å².